The average molecular weight is 302 g/mol. The number of nitrogens with zero attached hydrogens (tertiary/aromatic N) is 1. The number of hydrogen-bond donors (Lipinski definition) is 1. The van der Waals surface area contributed by atoms with E-state index in [1.165, 1.54) is 0 Å². The van der Waals surface area contributed by atoms with Gasteiger partial charge in [-0.15, -0.1) is 0 Å². The van der Waals surface area contributed by atoms with Crippen LogP contribution in [0.5, 0.6) is 0 Å². The van der Waals surface area contributed by atoms with E-state index in [4.69, 9.17) is 5.73 Å². The molecule has 4 heteroatoms. The highest BCUT2D eigenvalue weighted by molar-refractivity contribution is 6.26. The lowest BCUT2D eigenvalue weighted by Crippen LogP contribution is -2.43. The maximum absolute atomic E-state index is 12.5. The number of imide groups is 1. The minimum absolute atomic E-state index is 0.117. The fourth-order valence-corrected chi connectivity index (χ4v) is 3.18. The molecule has 3 aromatic rings. The molecule has 0 spiro atoms. The van der Waals surface area contributed by atoms with Gasteiger partial charge < -0.3 is 5.73 Å². The van der Waals surface area contributed by atoms with E-state index in [-0.39, 0.29) is 18.5 Å². The molecule has 0 radical (unpaired) electrons. The van der Waals surface area contributed by atoms with Crippen molar-refractivity contribution in [2.45, 2.75) is 0 Å². The zero-order valence-corrected chi connectivity index (χ0v) is 12.3. The van der Waals surface area contributed by atoms with Crippen molar-refractivity contribution in [1.29, 1.82) is 0 Å². The Kier molecular flexibility index (Phi) is 2.99. The van der Waals surface area contributed by atoms with Gasteiger partial charge in [0.1, 0.15) is 0 Å². The third-order valence-electron chi connectivity index (χ3n) is 4.26. The minimum Gasteiger partial charge on any atom is -0.313 e. The lowest BCUT2D eigenvalue weighted by atomic mass is 9.89. The Balaban J connectivity index is 2.07. The summed E-state index contributed by atoms with van der Waals surface area (Å²) in [6, 6.07) is 19.2. The van der Waals surface area contributed by atoms with Crippen LogP contribution in [0.2, 0.25) is 0 Å². The van der Waals surface area contributed by atoms with Crippen molar-refractivity contribution in [2.75, 3.05) is 6.67 Å². The normalized spacial score (nSPS) is 13.7. The Morgan fingerprint density at radius 2 is 1.39 bits per heavy atom. The first kappa shape index (κ1) is 13.7. The summed E-state index contributed by atoms with van der Waals surface area (Å²) < 4.78 is 0. The molecule has 0 bridgehead atoms. The smallest absolute Gasteiger partial charge is 0.262 e. The summed E-state index contributed by atoms with van der Waals surface area (Å²) in [5, 5.41) is 1.62. The second-order valence-electron chi connectivity index (χ2n) is 5.48. The van der Waals surface area contributed by atoms with Crippen molar-refractivity contribution >= 4 is 22.6 Å². The first-order valence-corrected chi connectivity index (χ1v) is 7.40. The van der Waals surface area contributed by atoms with Gasteiger partial charge in [0.2, 0.25) is 0 Å². The van der Waals surface area contributed by atoms with Gasteiger partial charge in [-0.1, -0.05) is 48.5 Å². The molecule has 112 valence electrons. The molecule has 1 heterocycles. The monoisotopic (exact) mass is 302 g/mol. The van der Waals surface area contributed by atoms with Crippen LogP contribution in [0.4, 0.5) is 0 Å². The standard InChI is InChI=1S/C19H14N2O2/c20-11-21-18(22)15-8-4-7-14-13(12-5-2-1-3-6-12)9-10-16(17(14)15)19(21)23/h1-10H,11,20H2. The lowest BCUT2D eigenvalue weighted by molar-refractivity contribution is 0.0615. The topological polar surface area (TPSA) is 63.4 Å². The summed E-state index contributed by atoms with van der Waals surface area (Å²) in [6.45, 7) is -0.117. The van der Waals surface area contributed by atoms with Crippen LogP contribution < -0.4 is 5.73 Å². The Hall–Kier alpha value is -2.98. The molecule has 4 rings (SSSR count). The zero-order valence-electron chi connectivity index (χ0n) is 12.3. The molecule has 0 saturated carbocycles. The zero-order chi connectivity index (χ0) is 16.0. The van der Waals surface area contributed by atoms with Gasteiger partial charge in [-0.2, -0.15) is 0 Å². The molecule has 3 aromatic carbocycles. The number of nitrogens with two attached hydrogens (primary N) is 1. The number of carbonyl (C=O) groups is 2. The summed E-state index contributed by atoms with van der Waals surface area (Å²) >= 11 is 0. The van der Waals surface area contributed by atoms with Crippen LogP contribution >= 0.6 is 0 Å². The fourth-order valence-electron chi connectivity index (χ4n) is 3.18. The van der Waals surface area contributed by atoms with Crippen molar-refractivity contribution in [2.24, 2.45) is 5.73 Å². The van der Waals surface area contributed by atoms with E-state index in [0.717, 1.165) is 21.4 Å². The van der Waals surface area contributed by atoms with E-state index in [9.17, 15) is 9.59 Å². The van der Waals surface area contributed by atoms with Crippen LogP contribution in [-0.4, -0.2) is 23.4 Å². The molecule has 0 aromatic heterocycles. The van der Waals surface area contributed by atoms with E-state index in [0.29, 0.717) is 16.5 Å². The molecule has 2 N–H and O–H groups in total. The molecule has 0 unspecified atom stereocenters. The van der Waals surface area contributed by atoms with Gasteiger partial charge in [-0.25, -0.2) is 0 Å². The molecule has 2 amide bonds. The molecule has 0 fully saturated rings. The van der Waals surface area contributed by atoms with E-state index in [1.807, 2.05) is 48.5 Å². The molecule has 1 aliphatic rings. The number of amides is 2. The van der Waals surface area contributed by atoms with E-state index < -0.39 is 0 Å². The van der Waals surface area contributed by atoms with Crippen molar-refractivity contribution in [3.05, 3.63) is 71.8 Å². The molecule has 1 aliphatic heterocycles. The van der Waals surface area contributed by atoms with Gasteiger partial charge >= 0.3 is 0 Å². The minimum atomic E-state index is -0.333. The molecule has 0 atom stereocenters. The van der Waals surface area contributed by atoms with Crippen LogP contribution in [-0.2, 0) is 0 Å². The molecular formula is C19H14N2O2. The largest absolute Gasteiger partial charge is 0.313 e. The van der Waals surface area contributed by atoms with Crippen molar-refractivity contribution in [3.63, 3.8) is 0 Å². The highest BCUT2D eigenvalue weighted by Crippen LogP contribution is 2.36. The Morgan fingerprint density at radius 1 is 0.739 bits per heavy atom. The SMILES string of the molecule is NCN1C(=O)c2cccc3c(-c4ccccc4)ccc(c23)C1=O. The van der Waals surface area contributed by atoms with Crippen molar-refractivity contribution in [3.8, 4) is 11.1 Å². The average Bonchev–Trinajstić information content (AvgIpc) is 2.60. The van der Waals surface area contributed by atoms with Crippen LogP contribution in [0.25, 0.3) is 21.9 Å². The second-order valence-corrected chi connectivity index (χ2v) is 5.48. The number of hydrogen-bond acceptors (Lipinski definition) is 3. The molecule has 0 aliphatic carbocycles. The van der Waals surface area contributed by atoms with Gasteiger partial charge in [-0.3, -0.25) is 14.5 Å². The van der Waals surface area contributed by atoms with Gasteiger partial charge in [0.05, 0.1) is 6.67 Å². The van der Waals surface area contributed by atoms with Crippen LogP contribution in [0.1, 0.15) is 20.7 Å². The first-order valence-electron chi connectivity index (χ1n) is 7.40. The second kappa shape index (κ2) is 5.04. The van der Waals surface area contributed by atoms with Crippen LogP contribution in [0.15, 0.2) is 60.7 Å². The molecule has 4 nitrogen and oxygen atoms in total. The van der Waals surface area contributed by atoms with Crippen molar-refractivity contribution in [1.82, 2.24) is 4.90 Å². The third-order valence-corrected chi connectivity index (χ3v) is 4.26. The Morgan fingerprint density at radius 3 is 2.09 bits per heavy atom. The maximum atomic E-state index is 12.5. The summed E-state index contributed by atoms with van der Waals surface area (Å²) in [5.41, 5.74) is 8.69. The van der Waals surface area contributed by atoms with Crippen LogP contribution in [0.3, 0.4) is 0 Å². The van der Waals surface area contributed by atoms with E-state index in [1.54, 1.807) is 12.1 Å². The molecule has 0 saturated heterocycles. The number of rotatable bonds is 2. The molecular weight excluding hydrogens is 288 g/mol. The predicted molar refractivity (Wildman–Crippen MR) is 88.9 cm³/mol. The van der Waals surface area contributed by atoms with Gasteiger partial charge in [0.25, 0.3) is 11.8 Å². The number of benzene rings is 3. The summed E-state index contributed by atoms with van der Waals surface area (Å²) in [6.07, 6.45) is 0. The van der Waals surface area contributed by atoms with Gasteiger partial charge in [-0.05, 0) is 28.6 Å². The summed E-state index contributed by atoms with van der Waals surface area (Å²) in [5.74, 6) is -0.665. The third kappa shape index (κ3) is 1.89. The van der Waals surface area contributed by atoms with E-state index >= 15 is 0 Å². The van der Waals surface area contributed by atoms with Crippen molar-refractivity contribution < 1.29 is 9.59 Å². The highest BCUT2D eigenvalue weighted by atomic mass is 16.2. The van der Waals surface area contributed by atoms with E-state index in [2.05, 4.69) is 0 Å². The Labute approximate surface area is 133 Å². The fraction of sp³-hybridized carbons (Fsp3) is 0.0526. The number of carbonyl (C=O) groups excluding carboxylic acids is 2. The van der Waals surface area contributed by atoms with Crippen LogP contribution in [0, 0.1) is 0 Å². The quantitative estimate of drug-likeness (QED) is 0.740. The van der Waals surface area contributed by atoms with Gasteiger partial charge in [0, 0.05) is 16.5 Å². The predicted octanol–water partition coefficient (Wildman–Crippen LogP) is 3.02. The Bertz CT molecular complexity index is 926. The first-order chi connectivity index (χ1) is 11.2. The lowest BCUT2D eigenvalue weighted by Gasteiger charge is -2.26. The van der Waals surface area contributed by atoms with Gasteiger partial charge in [0.15, 0.2) is 0 Å². The highest BCUT2D eigenvalue weighted by Gasteiger charge is 2.32. The molecule has 23 heavy (non-hydrogen) atoms. The maximum Gasteiger partial charge on any atom is 0.262 e. The summed E-state index contributed by atoms with van der Waals surface area (Å²) in [7, 11) is 0. The summed E-state index contributed by atoms with van der Waals surface area (Å²) in [4.78, 5) is 26.1.